The smallest absolute Gasteiger partial charge is 0.221 e. The summed E-state index contributed by atoms with van der Waals surface area (Å²) in [4.78, 5) is 11.9. The average Bonchev–Trinajstić information content (AvgIpc) is 2.59. The van der Waals surface area contributed by atoms with Crippen LogP contribution in [-0.4, -0.2) is 36.0 Å². The van der Waals surface area contributed by atoms with Crippen molar-refractivity contribution in [2.75, 3.05) is 18.1 Å². The van der Waals surface area contributed by atoms with Crippen molar-refractivity contribution in [1.29, 1.82) is 0 Å². The van der Waals surface area contributed by atoms with Crippen LogP contribution in [0.25, 0.3) is 0 Å². The highest BCUT2D eigenvalue weighted by atomic mass is 32.2. The van der Waals surface area contributed by atoms with Crippen LogP contribution in [0.5, 0.6) is 0 Å². The molecule has 0 aromatic heterocycles. The van der Waals surface area contributed by atoms with Gasteiger partial charge in [-0.15, -0.1) is 0 Å². The first-order chi connectivity index (χ1) is 8.34. The molecule has 1 aliphatic heterocycles. The Labute approximate surface area is 108 Å². The predicted molar refractivity (Wildman–Crippen MR) is 73.4 cm³/mol. The van der Waals surface area contributed by atoms with Gasteiger partial charge in [-0.3, -0.25) is 4.79 Å². The summed E-state index contributed by atoms with van der Waals surface area (Å²) < 4.78 is 0. The van der Waals surface area contributed by atoms with Gasteiger partial charge in [0.05, 0.1) is 0 Å². The Kier molecular flexibility index (Phi) is 5.65. The first kappa shape index (κ1) is 13.2. The zero-order valence-electron chi connectivity index (χ0n) is 10.5. The summed E-state index contributed by atoms with van der Waals surface area (Å²) in [6, 6.07) is 0.834. The molecule has 0 bridgehead atoms. The van der Waals surface area contributed by atoms with Gasteiger partial charge in [0.25, 0.3) is 0 Å². The van der Waals surface area contributed by atoms with E-state index in [-0.39, 0.29) is 5.91 Å². The van der Waals surface area contributed by atoms with Crippen LogP contribution in [0.1, 0.15) is 44.9 Å². The molecule has 3 nitrogen and oxygen atoms in total. The van der Waals surface area contributed by atoms with Gasteiger partial charge in [-0.25, -0.2) is 0 Å². The summed E-state index contributed by atoms with van der Waals surface area (Å²) in [5, 5.41) is 6.64. The summed E-state index contributed by atoms with van der Waals surface area (Å²) in [6.07, 6.45) is 8.26. The Bertz CT molecular complexity index is 234. The first-order valence-electron chi connectivity index (χ1n) is 6.95. The number of nitrogens with one attached hydrogen (secondary N) is 2. The van der Waals surface area contributed by atoms with E-state index in [1.807, 2.05) is 11.8 Å². The number of thioether (sulfide) groups is 1. The minimum atomic E-state index is 0.247. The fourth-order valence-electron chi connectivity index (χ4n) is 2.68. The van der Waals surface area contributed by atoms with E-state index in [0.29, 0.717) is 18.5 Å². The second kappa shape index (κ2) is 7.27. The normalized spacial score (nSPS) is 27.4. The van der Waals surface area contributed by atoms with E-state index in [4.69, 9.17) is 0 Å². The Morgan fingerprint density at radius 1 is 1.24 bits per heavy atom. The van der Waals surface area contributed by atoms with E-state index in [1.54, 1.807) is 0 Å². The van der Waals surface area contributed by atoms with Gasteiger partial charge < -0.3 is 10.6 Å². The predicted octanol–water partition coefficient (Wildman–Crippen LogP) is 1.92. The molecule has 1 amide bonds. The van der Waals surface area contributed by atoms with Crippen LogP contribution in [0.2, 0.25) is 0 Å². The highest BCUT2D eigenvalue weighted by molar-refractivity contribution is 7.99. The first-order valence-corrected chi connectivity index (χ1v) is 8.10. The molecule has 1 atom stereocenters. The molecule has 2 aliphatic rings. The van der Waals surface area contributed by atoms with Crippen molar-refractivity contribution < 1.29 is 4.79 Å². The topological polar surface area (TPSA) is 41.1 Å². The maximum Gasteiger partial charge on any atom is 0.221 e. The van der Waals surface area contributed by atoms with Gasteiger partial charge in [0.2, 0.25) is 5.91 Å². The highest BCUT2D eigenvalue weighted by Gasteiger charge is 2.19. The molecule has 4 heteroatoms. The Morgan fingerprint density at radius 2 is 2.00 bits per heavy atom. The number of hydrogen-bond acceptors (Lipinski definition) is 3. The van der Waals surface area contributed by atoms with E-state index in [2.05, 4.69) is 10.6 Å². The molecule has 1 saturated carbocycles. The van der Waals surface area contributed by atoms with Crippen molar-refractivity contribution in [3.8, 4) is 0 Å². The van der Waals surface area contributed by atoms with Crippen molar-refractivity contribution in [2.45, 2.75) is 57.0 Å². The van der Waals surface area contributed by atoms with Gasteiger partial charge in [0.15, 0.2) is 0 Å². The van der Waals surface area contributed by atoms with Crippen molar-refractivity contribution in [1.82, 2.24) is 10.6 Å². The molecule has 1 heterocycles. The molecule has 1 saturated heterocycles. The lowest BCUT2D eigenvalue weighted by Crippen LogP contribution is -2.43. The molecule has 2 rings (SSSR count). The van der Waals surface area contributed by atoms with E-state index < -0.39 is 0 Å². The quantitative estimate of drug-likeness (QED) is 0.758. The van der Waals surface area contributed by atoms with Gasteiger partial charge in [-0.05, 0) is 12.8 Å². The third-order valence-electron chi connectivity index (χ3n) is 3.65. The average molecular weight is 256 g/mol. The molecule has 1 unspecified atom stereocenters. The van der Waals surface area contributed by atoms with Crippen LogP contribution in [0.3, 0.4) is 0 Å². The lowest BCUT2D eigenvalue weighted by Gasteiger charge is -2.24. The summed E-state index contributed by atoms with van der Waals surface area (Å²) in [5.41, 5.74) is 0. The summed E-state index contributed by atoms with van der Waals surface area (Å²) in [7, 11) is 0. The van der Waals surface area contributed by atoms with Crippen LogP contribution in [0.15, 0.2) is 0 Å². The van der Waals surface area contributed by atoms with Gasteiger partial charge in [-0.1, -0.05) is 25.7 Å². The lowest BCUT2D eigenvalue weighted by molar-refractivity contribution is -0.122. The Morgan fingerprint density at radius 3 is 2.65 bits per heavy atom. The van der Waals surface area contributed by atoms with Crippen molar-refractivity contribution in [2.24, 2.45) is 0 Å². The maximum absolute atomic E-state index is 11.9. The molecule has 0 spiro atoms. The largest absolute Gasteiger partial charge is 0.353 e. The molecule has 0 aromatic carbocycles. The molecule has 98 valence electrons. The molecule has 0 aromatic rings. The van der Waals surface area contributed by atoms with Crippen molar-refractivity contribution in [3.05, 3.63) is 0 Å². The van der Waals surface area contributed by atoms with E-state index in [0.717, 1.165) is 12.3 Å². The van der Waals surface area contributed by atoms with E-state index in [1.165, 1.54) is 44.3 Å². The molecule has 2 fully saturated rings. The van der Waals surface area contributed by atoms with Gasteiger partial charge in [0, 0.05) is 36.6 Å². The summed E-state index contributed by atoms with van der Waals surface area (Å²) >= 11 is 1.95. The standard InChI is InChI=1S/C13H24N2OS/c16-13(9-12-10-17-8-7-14-12)15-11-5-3-1-2-4-6-11/h11-12,14H,1-10H2,(H,15,16). The molecule has 0 radical (unpaired) electrons. The monoisotopic (exact) mass is 256 g/mol. The molecule has 2 N–H and O–H groups in total. The number of rotatable bonds is 3. The zero-order chi connectivity index (χ0) is 11.9. The Balaban J connectivity index is 1.68. The van der Waals surface area contributed by atoms with Crippen LogP contribution in [0, 0.1) is 0 Å². The van der Waals surface area contributed by atoms with Crippen LogP contribution in [-0.2, 0) is 4.79 Å². The molecular formula is C13H24N2OS. The van der Waals surface area contributed by atoms with E-state index >= 15 is 0 Å². The van der Waals surface area contributed by atoms with Gasteiger partial charge >= 0.3 is 0 Å². The van der Waals surface area contributed by atoms with Crippen LogP contribution < -0.4 is 10.6 Å². The van der Waals surface area contributed by atoms with Crippen molar-refractivity contribution in [3.63, 3.8) is 0 Å². The maximum atomic E-state index is 11.9. The highest BCUT2D eigenvalue weighted by Crippen LogP contribution is 2.17. The zero-order valence-corrected chi connectivity index (χ0v) is 11.4. The molecule has 1 aliphatic carbocycles. The van der Waals surface area contributed by atoms with Gasteiger partial charge in [-0.2, -0.15) is 11.8 Å². The van der Waals surface area contributed by atoms with E-state index in [9.17, 15) is 4.79 Å². The fraction of sp³-hybridized carbons (Fsp3) is 0.923. The van der Waals surface area contributed by atoms with Crippen molar-refractivity contribution >= 4 is 17.7 Å². The Hall–Kier alpha value is -0.220. The number of hydrogen-bond donors (Lipinski definition) is 2. The third-order valence-corrected chi connectivity index (χ3v) is 4.78. The fourth-order valence-corrected chi connectivity index (χ4v) is 3.63. The SMILES string of the molecule is O=C(CC1CSCCN1)NC1CCCCCC1. The van der Waals surface area contributed by atoms with Gasteiger partial charge in [0.1, 0.15) is 0 Å². The van der Waals surface area contributed by atoms with Crippen LogP contribution >= 0.6 is 11.8 Å². The third kappa shape index (κ3) is 4.88. The second-order valence-corrected chi connectivity index (χ2v) is 6.34. The minimum absolute atomic E-state index is 0.247. The lowest BCUT2D eigenvalue weighted by atomic mass is 10.1. The summed E-state index contributed by atoms with van der Waals surface area (Å²) in [6.45, 7) is 1.05. The number of amides is 1. The molecular weight excluding hydrogens is 232 g/mol. The van der Waals surface area contributed by atoms with Crippen LogP contribution in [0.4, 0.5) is 0 Å². The minimum Gasteiger partial charge on any atom is -0.353 e. The number of carbonyl (C=O) groups excluding carboxylic acids is 1. The second-order valence-electron chi connectivity index (χ2n) is 5.19. The number of carbonyl (C=O) groups is 1. The summed E-state index contributed by atoms with van der Waals surface area (Å²) in [5.74, 6) is 2.51. The molecule has 17 heavy (non-hydrogen) atoms.